The molecular weight excluding hydrogens is 468 g/mol. The Morgan fingerprint density at radius 2 is 1.78 bits per heavy atom. The Balaban J connectivity index is 1.75. The standard InChI is InChI=1S/C21H13Cl2F3N4O2/c1-11-17(18(29-32-11)14-4-2-3-5-15(14)23)20(31)28-16-10-27-30(19(16)21(24,25)26)13-8-6-12(22)7-9-13/h2-10H,1H3,(H,28,31). The maximum absolute atomic E-state index is 13.9. The van der Waals surface area contributed by atoms with E-state index in [1.54, 1.807) is 24.3 Å². The third kappa shape index (κ3) is 4.09. The second-order valence-electron chi connectivity index (χ2n) is 6.69. The molecule has 1 amide bonds. The Hall–Kier alpha value is -3.30. The molecule has 164 valence electrons. The molecule has 0 unspecified atom stereocenters. The summed E-state index contributed by atoms with van der Waals surface area (Å²) in [6.07, 6.45) is -3.89. The van der Waals surface area contributed by atoms with E-state index in [2.05, 4.69) is 15.6 Å². The van der Waals surface area contributed by atoms with Crippen molar-refractivity contribution in [2.24, 2.45) is 0 Å². The van der Waals surface area contributed by atoms with Gasteiger partial charge in [0, 0.05) is 10.6 Å². The molecule has 0 atom stereocenters. The van der Waals surface area contributed by atoms with Gasteiger partial charge in [-0.2, -0.15) is 18.3 Å². The van der Waals surface area contributed by atoms with E-state index in [9.17, 15) is 18.0 Å². The van der Waals surface area contributed by atoms with Gasteiger partial charge in [0.05, 0.1) is 22.6 Å². The van der Waals surface area contributed by atoms with Crippen LogP contribution in [0.1, 0.15) is 21.8 Å². The molecule has 2 aromatic heterocycles. The molecule has 2 heterocycles. The highest BCUT2D eigenvalue weighted by Crippen LogP contribution is 2.37. The molecule has 4 aromatic rings. The maximum atomic E-state index is 13.9. The van der Waals surface area contributed by atoms with Gasteiger partial charge in [0.1, 0.15) is 17.0 Å². The first-order valence-electron chi connectivity index (χ1n) is 9.10. The van der Waals surface area contributed by atoms with Gasteiger partial charge in [-0.25, -0.2) is 4.68 Å². The first kappa shape index (κ1) is 21.9. The summed E-state index contributed by atoms with van der Waals surface area (Å²) in [6.45, 7) is 1.48. The molecule has 0 aliphatic rings. The van der Waals surface area contributed by atoms with Gasteiger partial charge in [0.25, 0.3) is 5.91 Å². The molecule has 0 spiro atoms. The number of aromatic nitrogens is 3. The number of nitrogens with one attached hydrogen (secondary N) is 1. The van der Waals surface area contributed by atoms with Crippen LogP contribution in [0.3, 0.4) is 0 Å². The summed E-state index contributed by atoms with van der Waals surface area (Å²) in [5.41, 5.74) is -1.07. The highest BCUT2D eigenvalue weighted by Gasteiger charge is 2.39. The molecule has 0 aliphatic carbocycles. The topological polar surface area (TPSA) is 73.0 Å². The molecule has 0 radical (unpaired) electrons. The van der Waals surface area contributed by atoms with E-state index in [1.807, 2.05) is 0 Å². The predicted molar refractivity (Wildman–Crippen MR) is 113 cm³/mol. The second kappa shape index (κ2) is 8.33. The van der Waals surface area contributed by atoms with Gasteiger partial charge in [-0.05, 0) is 37.3 Å². The summed E-state index contributed by atoms with van der Waals surface area (Å²) < 4.78 is 47.5. The molecular formula is C21H13Cl2F3N4O2. The van der Waals surface area contributed by atoms with E-state index in [4.69, 9.17) is 27.7 Å². The van der Waals surface area contributed by atoms with E-state index in [1.165, 1.54) is 31.2 Å². The molecule has 0 saturated heterocycles. The average Bonchev–Trinajstić information content (AvgIpc) is 3.32. The highest BCUT2D eigenvalue weighted by molar-refractivity contribution is 6.33. The molecule has 0 bridgehead atoms. The fourth-order valence-corrected chi connectivity index (χ4v) is 3.50. The van der Waals surface area contributed by atoms with Crippen molar-refractivity contribution in [3.05, 3.63) is 81.8 Å². The SMILES string of the molecule is Cc1onc(-c2ccccc2Cl)c1C(=O)Nc1cnn(-c2ccc(Cl)cc2)c1C(F)(F)F. The number of anilines is 1. The minimum Gasteiger partial charge on any atom is -0.360 e. The summed E-state index contributed by atoms with van der Waals surface area (Å²) in [7, 11) is 0. The van der Waals surface area contributed by atoms with Crippen molar-refractivity contribution in [3.63, 3.8) is 0 Å². The second-order valence-corrected chi connectivity index (χ2v) is 7.53. The summed E-state index contributed by atoms with van der Waals surface area (Å²) in [5.74, 6) is -0.726. The Morgan fingerprint density at radius 3 is 2.44 bits per heavy atom. The highest BCUT2D eigenvalue weighted by atomic mass is 35.5. The summed E-state index contributed by atoms with van der Waals surface area (Å²) in [6, 6.07) is 12.2. The lowest BCUT2D eigenvalue weighted by Crippen LogP contribution is -2.19. The van der Waals surface area contributed by atoms with Gasteiger partial charge in [0.15, 0.2) is 5.69 Å². The van der Waals surface area contributed by atoms with Crippen molar-refractivity contribution in [2.45, 2.75) is 13.1 Å². The van der Waals surface area contributed by atoms with E-state index in [0.717, 1.165) is 6.20 Å². The largest absolute Gasteiger partial charge is 0.435 e. The van der Waals surface area contributed by atoms with Crippen molar-refractivity contribution in [3.8, 4) is 16.9 Å². The van der Waals surface area contributed by atoms with E-state index in [0.29, 0.717) is 20.3 Å². The number of hydrogen-bond donors (Lipinski definition) is 1. The van der Waals surface area contributed by atoms with Crippen molar-refractivity contribution in [1.82, 2.24) is 14.9 Å². The average molecular weight is 481 g/mol. The van der Waals surface area contributed by atoms with Crippen LogP contribution in [-0.2, 0) is 6.18 Å². The van der Waals surface area contributed by atoms with Crippen LogP contribution < -0.4 is 5.32 Å². The first-order chi connectivity index (χ1) is 15.2. The lowest BCUT2D eigenvalue weighted by Gasteiger charge is -2.13. The van der Waals surface area contributed by atoms with Crippen LogP contribution in [-0.4, -0.2) is 20.8 Å². The summed E-state index contributed by atoms with van der Waals surface area (Å²) >= 11 is 12.0. The maximum Gasteiger partial charge on any atom is 0.435 e. The number of nitrogens with zero attached hydrogens (tertiary/aromatic N) is 3. The minimum atomic E-state index is -4.81. The van der Waals surface area contributed by atoms with Crippen LogP contribution in [0.2, 0.25) is 10.0 Å². The number of rotatable bonds is 4. The van der Waals surface area contributed by atoms with Gasteiger partial charge in [-0.15, -0.1) is 0 Å². The zero-order valence-corrected chi connectivity index (χ0v) is 17.8. The molecule has 1 N–H and O–H groups in total. The monoisotopic (exact) mass is 480 g/mol. The molecule has 0 fully saturated rings. The Kier molecular flexibility index (Phi) is 5.70. The molecule has 6 nitrogen and oxygen atoms in total. The van der Waals surface area contributed by atoms with Crippen LogP contribution in [0.15, 0.2) is 59.3 Å². The molecule has 4 rings (SSSR count). The van der Waals surface area contributed by atoms with Gasteiger partial charge in [0.2, 0.25) is 0 Å². The minimum absolute atomic E-state index is 0.0366. The third-order valence-corrected chi connectivity index (χ3v) is 5.16. The van der Waals surface area contributed by atoms with E-state index < -0.39 is 23.5 Å². The van der Waals surface area contributed by atoms with E-state index >= 15 is 0 Å². The lowest BCUT2D eigenvalue weighted by atomic mass is 10.1. The van der Waals surface area contributed by atoms with Crippen molar-refractivity contribution >= 4 is 34.8 Å². The fraction of sp³-hybridized carbons (Fsp3) is 0.0952. The van der Waals surface area contributed by atoms with Crippen LogP contribution in [0.5, 0.6) is 0 Å². The van der Waals surface area contributed by atoms with Gasteiger partial charge in [-0.1, -0.05) is 46.6 Å². The smallest absolute Gasteiger partial charge is 0.360 e. The Labute approximate surface area is 189 Å². The van der Waals surface area contributed by atoms with Crippen molar-refractivity contribution in [2.75, 3.05) is 5.32 Å². The lowest BCUT2D eigenvalue weighted by molar-refractivity contribution is -0.142. The Morgan fingerprint density at radius 1 is 1.09 bits per heavy atom. The van der Waals surface area contributed by atoms with Gasteiger partial charge < -0.3 is 9.84 Å². The van der Waals surface area contributed by atoms with Crippen molar-refractivity contribution < 1.29 is 22.5 Å². The normalized spacial score (nSPS) is 11.6. The number of carbonyl (C=O) groups excluding carboxylic acids is 1. The molecule has 0 saturated carbocycles. The van der Waals surface area contributed by atoms with Gasteiger partial charge >= 0.3 is 6.18 Å². The number of amides is 1. The quantitative estimate of drug-likeness (QED) is 0.366. The van der Waals surface area contributed by atoms with Crippen LogP contribution in [0.25, 0.3) is 16.9 Å². The zero-order valence-electron chi connectivity index (χ0n) is 16.2. The number of alkyl halides is 3. The summed E-state index contributed by atoms with van der Waals surface area (Å²) in [4.78, 5) is 13.0. The van der Waals surface area contributed by atoms with Crippen LogP contribution in [0.4, 0.5) is 18.9 Å². The molecule has 0 aliphatic heterocycles. The van der Waals surface area contributed by atoms with Crippen LogP contribution >= 0.6 is 23.2 Å². The molecule has 11 heteroatoms. The molecule has 2 aromatic carbocycles. The number of benzene rings is 2. The number of carbonyl (C=O) groups is 1. The van der Waals surface area contributed by atoms with Crippen LogP contribution in [0, 0.1) is 6.92 Å². The van der Waals surface area contributed by atoms with Gasteiger partial charge in [-0.3, -0.25) is 4.79 Å². The summed E-state index contributed by atoms with van der Waals surface area (Å²) in [5, 5.41) is 10.6. The Bertz CT molecular complexity index is 1300. The number of aryl methyl sites for hydroxylation is 1. The number of hydrogen-bond acceptors (Lipinski definition) is 4. The third-order valence-electron chi connectivity index (χ3n) is 4.58. The van der Waals surface area contributed by atoms with Crippen molar-refractivity contribution in [1.29, 1.82) is 0 Å². The molecule has 32 heavy (non-hydrogen) atoms. The fourth-order valence-electron chi connectivity index (χ4n) is 3.15. The predicted octanol–water partition coefficient (Wildman–Crippen LogP) is 6.41. The zero-order chi connectivity index (χ0) is 23.0. The number of halogens is 5. The van der Waals surface area contributed by atoms with E-state index in [-0.39, 0.29) is 22.7 Å². The first-order valence-corrected chi connectivity index (χ1v) is 9.86.